The van der Waals surface area contributed by atoms with E-state index in [4.69, 9.17) is 14.5 Å². The predicted octanol–water partition coefficient (Wildman–Crippen LogP) is 2.60. The van der Waals surface area contributed by atoms with Crippen LogP contribution in [-0.2, 0) is 34.1 Å². The van der Waals surface area contributed by atoms with Gasteiger partial charge in [0.1, 0.15) is 19.1 Å². The van der Waals surface area contributed by atoms with Crippen molar-refractivity contribution in [1.82, 2.24) is 33.3 Å². The number of carbonyl (C=O) groups is 1. The van der Waals surface area contributed by atoms with Gasteiger partial charge in [0.2, 0.25) is 5.78 Å². The van der Waals surface area contributed by atoms with Crippen LogP contribution in [0.15, 0.2) is 29.6 Å². The highest BCUT2D eigenvalue weighted by Gasteiger charge is 2.22. The minimum Gasteiger partial charge on any atom is -0.468 e. The first kappa shape index (κ1) is 23.9. The van der Waals surface area contributed by atoms with E-state index < -0.39 is 14.0 Å². The van der Waals surface area contributed by atoms with E-state index in [1.54, 1.807) is 33.9 Å². The lowest BCUT2D eigenvalue weighted by molar-refractivity contribution is -0.141. The molecule has 182 valence electrons. The summed E-state index contributed by atoms with van der Waals surface area (Å²) in [4.78, 5) is 34.5. The second kappa shape index (κ2) is 9.55. The Labute approximate surface area is 197 Å². The number of ether oxygens (including phenoxy) is 2. The van der Waals surface area contributed by atoms with Crippen LogP contribution in [0.1, 0.15) is 13.3 Å². The molecule has 0 fully saturated rings. The third-order valence-electron chi connectivity index (χ3n) is 5.56. The Bertz CT molecular complexity index is 1380. The number of aromatic nitrogens is 7. The number of methoxy groups -OCH3 is 1. The summed E-state index contributed by atoms with van der Waals surface area (Å²) in [6.07, 6.45) is 7.60. The van der Waals surface area contributed by atoms with E-state index in [1.165, 1.54) is 11.8 Å². The van der Waals surface area contributed by atoms with Crippen LogP contribution >= 0.6 is 0 Å². The first-order valence-electron chi connectivity index (χ1n) is 11.4. The van der Waals surface area contributed by atoms with Crippen LogP contribution in [0.25, 0.3) is 28.3 Å². The van der Waals surface area contributed by atoms with Crippen molar-refractivity contribution in [3.05, 3.63) is 35.1 Å². The molecule has 0 aliphatic heterocycles. The number of nitrogens with zero attached hydrogens (tertiary/aromatic N) is 7. The monoisotopic (exact) mass is 485 g/mol. The molecule has 0 aromatic carbocycles. The van der Waals surface area contributed by atoms with Crippen molar-refractivity contribution < 1.29 is 14.3 Å². The fourth-order valence-corrected chi connectivity index (χ4v) is 4.52. The lowest BCUT2D eigenvalue weighted by Crippen LogP contribution is -2.25. The van der Waals surface area contributed by atoms with Crippen molar-refractivity contribution in [3.63, 3.8) is 0 Å². The fraction of sp³-hybridized carbons (Fsp3) is 0.500. The molecule has 0 aliphatic rings. The summed E-state index contributed by atoms with van der Waals surface area (Å²) in [6.45, 7) is 10.2. The van der Waals surface area contributed by atoms with Crippen molar-refractivity contribution in [2.45, 2.75) is 58.9 Å². The SMILES string of the molecule is CCCn1c(=O)c2c(nc(-c3cnn(CC(=O)OC)c3)n2COCC[Si](C)(C)C)n2ccnc12. The summed E-state index contributed by atoms with van der Waals surface area (Å²) in [6, 6.07) is 1.01. The third kappa shape index (κ3) is 4.68. The van der Waals surface area contributed by atoms with Gasteiger partial charge in [0.05, 0.1) is 18.9 Å². The second-order valence-corrected chi connectivity index (χ2v) is 15.1. The Morgan fingerprint density at radius 3 is 2.71 bits per heavy atom. The lowest BCUT2D eigenvalue weighted by Gasteiger charge is -2.16. The number of esters is 1. The van der Waals surface area contributed by atoms with E-state index >= 15 is 0 Å². The molecule has 4 rings (SSSR count). The molecule has 0 amide bonds. The number of hydrogen-bond acceptors (Lipinski definition) is 7. The maximum atomic E-state index is 13.6. The third-order valence-corrected chi connectivity index (χ3v) is 7.27. The Balaban J connectivity index is 1.84. The van der Waals surface area contributed by atoms with Gasteiger partial charge in [0.15, 0.2) is 11.2 Å². The van der Waals surface area contributed by atoms with Gasteiger partial charge in [-0.1, -0.05) is 26.6 Å². The van der Waals surface area contributed by atoms with E-state index in [1.807, 2.05) is 11.3 Å². The standard InChI is InChI=1S/C22H31N7O4Si/c1-6-8-28-21(31)18-20(27-9-7-23-22(27)28)25-19(29(18)15-33-10-11-34(3,4)5)16-12-24-26(13-16)14-17(30)32-2/h7,9,12-13H,6,8,10-11,14-15H2,1-5H3. The zero-order valence-corrected chi connectivity index (χ0v) is 21.3. The molecule has 0 N–H and O–H groups in total. The number of rotatable bonds is 10. The van der Waals surface area contributed by atoms with E-state index in [0.29, 0.717) is 41.5 Å². The largest absolute Gasteiger partial charge is 0.468 e. The minimum absolute atomic E-state index is 0.0154. The van der Waals surface area contributed by atoms with Crippen molar-refractivity contribution in [3.8, 4) is 11.4 Å². The maximum Gasteiger partial charge on any atom is 0.327 e. The van der Waals surface area contributed by atoms with Crippen LogP contribution in [0.2, 0.25) is 25.7 Å². The molecule has 12 heteroatoms. The molecule has 0 aliphatic carbocycles. The first-order chi connectivity index (χ1) is 16.2. The Morgan fingerprint density at radius 1 is 1.21 bits per heavy atom. The summed E-state index contributed by atoms with van der Waals surface area (Å²) in [7, 11) is 0.0654. The normalized spacial score (nSPS) is 12.1. The lowest BCUT2D eigenvalue weighted by atomic mass is 10.3. The Hall–Kier alpha value is -3.25. The number of aryl methyl sites for hydroxylation is 1. The summed E-state index contributed by atoms with van der Waals surface area (Å²) in [5.74, 6) is 0.692. The topological polar surface area (TPSA) is 110 Å². The number of fused-ring (bicyclic) bond motifs is 3. The van der Waals surface area contributed by atoms with Crippen LogP contribution in [0.4, 0.5) is 0 Å². The van der Waals surface area contributed by atoms with Crippen molar-refractivity contribution in [2.24, 2.45) is 0 Å². The zero-order chi connectivity index (χ0) is 24.5. The molecule has 0 saturated heterocycles. The van der Waals surface area contributed by atoms with Gasteiger partial charge in [-0.05, 0) is 12.5 Å². The predicted molar refractivity (Wildman–Crippen MR) is 130 cm³/mol. The highest BCUT2D eigenvalue weighted by molar-refractivity contribution is 6.76. The molecule has 34 heavy (non-hydrogen) atoms. The molecular weight excluding hydrogens is 454 g/mol. The quantitative estimate of drug-likeness (QED) is 0.193. The van der Waals surface area contributed by atoms with Gasteiger partial charge in [-0.25, -0.2) is 9.97 Å². The molecule has 4 heterocycles. The van der Waals surface area contributed by atoms with E-state index in [9.17, 15) is 9.59 Å². The van der Waals surface area contributed by atoms with Crippen molar-refractivity contribution >= 4 is 31.0 Å². The average Bonchev–Trinajstić information content (AvgIpc) is 3.51. The molecule has 0 unspecified atom stereocenters. The minimum atomic E-state index is -1.27. The highest BCUT2D eigenvalue weighted by atomic mass is 28.3. The van der Waals surface area contributed by atoms with E-state index in [2.05, 4.69) is 29.7 Å². The van der Waals surface area contributed by atoms with Gasteiger partial charge in [0, 0.05) is 39.8 Å². The Kier molecular flexibility index (Phi) is 6.71. The van der Waals surface area contributed by atoms with Crippen LogP contribution in [0, 0.1) is 0 Å². The molecule has 0 bridgehead atoms. The molecular formula is C22H31N7O4Si. The molecule has 11 nitrogen and oxygen atoms in total. The first-order valence-corrected chi connectivity index (χ1v) is 15.1. The molecule has 4 aromatic rings. The molecule has 4 aromatic heterocycles. The summed E-state index contributed by atoms with van der Waals surface area (Å²) in [5, 5.41) is 4.27. The van der Waals surface area contributed by atoms with Gasteiger partial charge in [0.25, 0.3) is 5.56 Å². The van der Waals surface area contributed by atoms with Gasteiger partial charge in [-0.3, -0.25) is 27.8 Å². The average molecular weight is 486 g/mol. The van der Waals surface area contributed by atoms with E-state index in [0.717, 1.165) is 12.5 Å². The Morgan fingerprint density at radius 2 is 2.00 bits per heavy atom. The fourth-order valence-electron chi connectivity index (χ4n) is 3.77. The molecule has 0 atom stereocenters. The molecule has 0 saturated carbocycles. The van der Waals surface area contributed by atoms with Crippen molar-refractivity contribution in [2.75, 3.05) is 13.7 Å². The van der Waals surface area contributed by atoms with Gasteiger partial charge >= 0.3 is 5.97 Å². The van der Waals surface area contributed by atoms with Crippen molar-refractivity contribution in [1.29, 1.82) is 0 Å². The summed E-state index contributed by atoms with van der Waals surface area (Å²) >= 11 is 0. The maximum absolute atomic E-state index is 13.6. The molecule has 0 spiro atoms. The van der Waals surface area contributed by atoms with Crippen LogP contribution < -0.4 is 5.56 Å². The smallest absolute Gasteiger partial charge is 0.327 e. The number of imidazole rings is 2. The summed E-state index contributed by atoms with van der Waals surface area (Å²) < 4.78 is 17.6. The van der Waals surface area contributed by atoms with E-state index in [-0.39, 0.29) is 18.8 Å². The molecule has 0 radical (unpaired) electrons. The highest BCUT2D eigenvalue weighted by Crippen LogP contribution is 2.24. The zero-order valence-electron chi connectivity index (χ0n) is 20.3. The van der Waals surface area contributed by atoms with Crippen LogP contribution in [0.3, 0.4) is 0 Å². The number of carbonyl (C=O) groups excluding carboxylic acids is 1. The van der Waals surface area contributed by atoms with Crippen LogP contribution in [0.5, 0.6) is 0 Å². The second-order valence-electron chi connectivity index (χ2n) is 9.44. The summed E-state index contributed by atoms with van der Waals surface area (Å²) in [5.41, 5.74) is 1.46. The van der Waals surface area contributed by atoms with Gasteiger partial charge in [-0.2, -0.15) is 5.10 Å². The number of hydrogen-bond donors (Lipinski definition) is 0. The van der Waals surface area contributed by atoms with Gasteiger partial charge < -0.3 is 9.47 Å². The van der Waals surface area contributed by atoms with Gasteiger partial charge in [-0.15, -0.1) is 0 Å². The van der Waals surface area contributed by atoms with Crippen LogP contribution in [-0.4, -0.2) is 61.0 Å².